The standard InChI is InChI=1S/C9H9Br/c10-8-4-7-9-5-2-1-3-6-9/h1-7H,8H2/b7-4-. The van der Waals surface area contributed by atoms with Crippen molar-refractivity contribution in [3.8, 4) is 0 Å². The first kappa shape index (κ1) is 7.55. The summed E-state index contributed by atoms with van der Waals surface area (Å²) < 4.78 is 0. The molecule has 0 bridgehead atoms. The number of hydrogen-bond donors (Lipinski definition) is 0. The van der Waals surface area contributed by atoms with E-state index in [1.807, 2.05) is 18.2 Å². The van der Waals surface area contributed by atoms with Crippen LogP contribution < -0.4 is 0 Å². The lowest BCUT2D eigenvalue weighted by atomic mass is 10.2. The van der Waals surface area contributed by atoms with Gasteiger partial charge in [-0.2, -0.15) is 0 Å². The Balaban J connectivity index is 2.67. The lowest BCUT2D eigenvalue weighted by Gasteiger charge is -1.88. The second-order valence-electron chi connectivity index (χ2n) is 1.97. The van der Waals surface area contributed by atoms with Crippen LogP contribution in [-0.2, 0) is 0 Å². The third kappa shape index (κ3) is 2.36. The fraction of sp³-hybridized carbons (Fsp3) is 0.111. The number of benzene rings is 1. The molecule has 0 unspecified atom stereocenters. The molecule has 10 heavy (non-hydrogen) atoms. The molecule has 1 aromatic rings. The average molecular weight is 197 g/mol. The predicted molar refractivity (Wildman–Crippen MR) is 49.3 cm³/mol. The SMILES string of the molecule is BrC/C=C\c1ccccc1. The van der Waals surface area contributed by atoms with Gasteiger partial charge in [0.05, 0.1) is 0 Å². The van der Waals surface area contributed by atoms with E-state index in [9.17, 15) is 0 Å². The van der Waals surface area contributed by atoms with Crippen molar-refractivity contribution in [1.82, 2.24) is 0 Å². The Hall–Kier alpha value is -0.560. The van der Waals surface area contributed by atoms with E-state index in [0.717, 1.165) is 5.33 Å². The molecule has 0 radical (unpaired) electrons. The Kier molecular flexibility index (Phi) is 3.23. The van der Waals surface area contributed by atoms with E-state index in [4.69, 9.17) is 0 Å². The van der Waals surface area contributed by atoms with Crippen molar-refractivity contribution in [2.75, 3.05) is 5.33 Å². The van der Waals surface area contributed by atoms with E-state index in [1.54, 1.807) is 0 Å². The Morgan fingerprint density at radius 1 is 1.20 bits per heavy atom. The van der Waals surface area contributed by atoms with Crippen LogP contribution in [0, 0.1) is 0 Å². The molecule has 1 rings (SSSR count). The molecule has 0 atom stereocenters. The molecule has 0 spiro atoms. The van der Waals surface area contributed by atoms with Crippen LogP contribution in [0.3, 0.4) is 0 Å². The highest BCUT2D eigenvalue weighted by Crippen LogP contribution is 2.00. The van der Waals surface area contributed by atoms with E-state index in [0.29, 0.717) is 0 Å². The summed E-state index contributed by atoms with van der Waals surface area (Å²) in [5, 5.41) is 0.919. The van der Waals surface area contributed by atoms with Crippen LogP contribution in [0.2, 0.25) is 0 Å². The summed E-state index contributed by atoms with van der Waals surface area (Å²) >= 11 is 3.32. The van der Waals surface area contributed by atoms with E-state index >= 15 is 0 Å². The topological polar surface area (TPSA) is 0 Å². The monoisotopic (exact) mass is 196 g/mol. The highest BCUT2D eigenvalue weighted by molar-refractivity contribution is 9.09. The molecule has 0 aliphatic rings. The molecule has 0 N–H and O–H groups in total. The molecule has 0 saturated carbocycles. The summed E-state index contributed by atoms with van der Waals surface area (Å²) in [4.78, 5) is 0. The lowest BCUT2D eigenvalue weighted by Crippen LogP contribution is -1.67. The minimum absolute atomic E-state index is 0.919. The van der Waals surface area contributed by atoms with Crippen molar-refractivity contribution in [2.45, 2.75) is 0 Å². The van der Waals surface area contributed by atoms with Crippen molar-refractivity contribution in [3.63, 3.8) is 0 Å². The summed E-state index contributed by atoms with van der Waals surface area (Å²) in [6.07, 6.45) is 4.17. The van der Waals surface area contributed by atoms with E-state index < -0.39 is 0 Å². The second-order valence-corrected chi connectivity index (χ2v) is 2.61. The predicted octanol–water partition coefficient (Wildman–Crippen LogP) is 3.09. The van der Waals surface area contributed by atoms with Crippen LogP contribution in [0.1, 0.15) is 5.56 Å². The maximum absolute atomic E-state index is 3.32. The molecule has 0 saturated heterocycles. The summed E-state index contributed by atoms with van der Waals surface area (Å²) in [6, 6.07) is 10.3. The molecule has 52 valence electrons. The van der Waals surface area contributed by atoms with Gasteiger partial charge in [-0.25, -0.2) is 0 Å². The zero-order valence-electron chi connectivity index (χ0n) is 5.63. The maximum Gasteiger partial charge on any atom is 0.0215 e. The highest BCUT2D eigenvalue weighted by Gasteiger charge is 1.79. The van der Waals surface area contributed by atoms with Crippen molar-refractivity contribution < 1.29 is 0 Å². The van der Waals surface area contributed by atoms with Crippen LogP contribution >= 0.6 is 15.9 Å². The number of rotatable bonds is 2. The molecule has 0 aromatic heterocycles. The lowest BCUT2D eigenvalue weighted by molar-refractivity contribution is 1.65. The average Bonchev–Trinajstić information content (AvgIpc) is 2.03. The van der Waals surface area contributed by atoms with E-state index in [2.05, 4.69) is 40.2 Å². The van der Waals surface area contributed by atoms with Gasteiger partial charge in [0.25, 0.3) is 0 Å². The van der Waals surface area contributed by atoms with Crippen molar-refractivity contribution in [3.05, 3.63) is 42.0 Å². The van der Waals surface area contributed by atoms with Gasteiger partial charge in [0.1, 0.15) is 0 Å². The second kappa shape index (κ2) is 4.29. The summed E-state index contributed by atoms with van der Waals surface area (Å²) in [6.45, 7) is 0. The molecule has 0 nitrogen and oxygen atoms in total. The Morgan fingerprint density at radius 3 is 2.50 bits per heavy atom. The molecule has 0 amide bonds. The summed E-state index contributed by atoms with van der Waals surface area (Å²) in [7, 11) is 0. The quantitative estimate of drug-likeness (QED) is 0.639. The molecule has 0 aliphatic carbocycles. The molecule has 0 aliphatic heterocycles. The molecular weight excluding hydrogens is 188 g/mol. The van der Waals surface area contributed by atoms with E-state index in [-0.39, 0.29) is 0 Å². The third-order valence-electron chi connectivity index (χ3n) is 1.20. The van der Waals surface area contributed by atoms with Crippen LogP contribution in [0.25, 0.3) is 6.08 Å². The van der Waals surface area contributed by atoms with Gasteiger partial charge in [-0.1, -0.05) is 58.4 Å². The Morgan fingerprint density at radius 2 is 1.90 bits per heavy atom. The minimum Gasteiger partial charge on any atom is -0.0883 e. The molecular formula is C9H9Br. The third-order valence-corrected chi connectivity index (χ3v) is 1.57. The zero-order valence-corrected chi connectivity index (χ0v) is 7.21. The van der Waals surface area contributed by atoms with Gasteiger partial charge in [0.15, 0.2) is 0 Å². The first-order valence-electron chi connectivity index (χ1n) is 3.21. The zero-order chi connectivity index (χ0) is 7.23. The van der Waals surface area contributed by atoms with Crippen molar-refractivity contribution in [1.29, 1.82) is 0 Å². The van der Waals surface area contributed by atoms with Gasteiger partial charge in [-0.15, -0.1) is 0 Å². The Labute approximate surface area is 69.7 Å². The normalized spacial score (nSPS) is 10.5. The van der Waals surface area contributed by atoms with Crippen molar-refractivity contribution >= 4 is 22.0 Å². The van der Waals surface area contributed by atoms with Crippen LogP contribution in [0.15, 0.2) is 36.4 Å². The van der Waals surface area contributed by atoms with Gasteiger partial charge in [-0.05, 0) is 5.56 Å². The van der Waals surface area contributed by atoms with E-state index in [1.165, 1.54) is 5.56 Å². The number of alkyl halides is 1. The van der Waals surface area contributed by atoms with Crippen molar-refractivity contribution in [2.24, 2.45) is 0 Å². The molecule has 0 heterocycles. The molecule has 1 aromatic carbocycles. The van der Waals surface area contributed by atoms with Gasteiger partial charge in [-0.3, -0.25) is 0 Å². The largest absolute Gasteiger partial charge is 0.0883 e. The number of hydrogen-bond acceptors (Lipinski definition) is 0. The fourth-order valence-corrected chi connectivity index (χ4v) is 0.932. The van der Waals surface area contributed by atoms with Gasteiger partial charge in [0, 0.05) is 5.33 Å². The van der Waals surface area contributed by atoms with Gasteiger partial charge >= 0.3 is 0 Å². The highest BCUT2D eigenvalue weighted by atomic mass is 79.9. The van der Waals surface area contributed by atoms with Crippen LogP contribution in [0.4, 0.5) is 0 Å². The van der Waals surface area contributed by atoms with Crippen LogP contribution in [0.5, 0.6) is 0 Å². The number of allylic oxidation sites excluding steroid dienone is 1. The summed E-state index contributed by atoms with van der Waals surface area (Å²) in [5.74, 6) is 0. The number of halogens is 1. The minimum atomic E-state index is 0.919. The first-order chi connectivity index (χ1) is 4.93. The van der Waals surface area contributed by atoms with Gasteiger partial charge in [0.2, 0.25) is 0 Å². The fourth-order valence-electron chi connectivity index (χ4n) is 0.745. The first-order valence-corrected chi connectivity index (χ1v) is 4.33. The maximum atomic E-state index is 3.32. The Bertz CT molecular complexity index is 201. The molecule has 1 heteroatoms. The smallest absolute Gasteiger partial charge is 0.0215 e. The molecule has 0 fully saturated rings. The van der Waals surface area contributed by atoms with Gasteiger partial charge < -0.3 is 0 Å². The van der Waals surface area contributed by atoms with Crippen LogP contribution in [-0.4, -0.2) is 5.33 Å². The summed E-state index contributed by atoms with van der Waals surface area (Å²) in [5.41, 5.74) is 1.25.